The van der Waals surface area contributed by atoms with E-state index in [1.807, 2.05) is 0 Å². The standard InChI is InChI=1S/C15H17FN6O3S/c1-4-10-9-11(5-6-12(10)16)19-15(20-23)13-14(22-25-21-13)17-7-8-18-26(2,3)24/h1,5-6,9,23H,7-8H2,2-3H3,(H,17,22)(H,19,20). The molecule has 0 saturated heterocycles. The first-order valence-electron chi connectivity index (χ1n) is 7.29. The largest absolute Gasteiger partial charge is 0.409 e. The number of oxime groups is 1. The van der Waals surface area contributed by atoms with E-state index in [1.54, 1.807) is 0 Å². The summed E-state index contributed by atoms with van der Waals surface area (Å²) in [5, 5.41) is 25.4. The number of rotatable bonds is 6. The minimum atomic E-state index is -2.19. The summed E-state index contributed by atoms with van der Waals surface area (Å²) in [6, 6.07) is 3.97. The van der Waals surface area contributed by atoms with Gasteiger partial charge in [0.1, 0.15) is 5.82 Å². The zero-order chi connectivity index (χ0) is 19.2. The summed E-state index contributed by atoms with van der Waals surface area (Å²) < 4.78 is 33.6. The van der Waals surface area contributed by atoms with Crippen molar-refractivity contribution in [1.29, 1.82) is 0 Å². The number of aromatic nitrogens is 2. The van der Waals surface area contributed by atoms with E-state index < -0.39 is 15.5 Å². The van der Waals surface area contributed by atoms with E-state index in [-0.39, 0.29) is 29.5 Å². The number of halogens is 1. The quantitative estimate of drug-likeness (QED) is 0.173. The molecule has 0 spiro atoms. The average Bonchev–Trinajstić information content (AvgIpc) is 3.05. The summed E-state index contributed by atoms with van der Waals surface area (Å²) in [6.07, 6.45) is 8.29. The topological polar surface area (TPSA) is 125 Å². The number of benzene rings is 1. The van der Waals surface area contributed by atoms with Gasteiger partial charge in [-0.25, -0.2) is 13.4 Å². The van der Waals surface area contributed by atoms with Crippen LogP contribution >= 0.6 is 0 Å². The van der Waals surface area contributed by atoms with Crippen molar-refractivity contribution in [2.24, 2.45) is 9.52 Å². The zero-order valence-electron chi connectivity index (χ0n) is 14.1. The second-order valence-electron chi connectivity index (χ2n) is 5.33. The highest BCUT2D eigenvalue weighted by molar-refractivity contribution is 7.92. The van der Waals surface area contributed by atoms with E-state index in [4.69, 9.17) is 6.42 Å². The molecule has 0 atom stereocenters. The first-order valence-corrected chi connectivity index (χ1v) is 9.62. The Morgan fingerprint density at radius 2 is 2.23 bits per heavy atom. The lowest BCUT2D eigenvalue weighted by atomic mass is 10.2. The smallest absolute Gasteiger partial charge is 0.203 e. The Kier molecular flexibility index (Phi) is 6.13. The lowest BCUT2D eigenvalue weighted by Crippen LogP contribution is -2.17. The fourth-order valence-corrected chi connectivity index (χ4v) is 2.41. The van der Waals surface area contributed by atoms with Crippen LogP contribution in [0.2, 0.25) is 0 Å². The number of nitrogens with one attached hydrogen (secondary N) is 2. The molecule has 11 heteroatoms. The monoisotopic (exact) mass is 380 g/mol. The maximum atomic E-state index is 13.5. The first kappa shape index (κ1) is 19.2. The van der Waals surface area contributed by atoms with Crippen LogP contribution in [0.15, 0.2) is 32.3 Å². The molecule has 138 valence electrons. The summed E-state index contributed by atoms with van der Waals surface area (Å²) in [7, 11) is -2.19. The minimum Gasteiger partial charge on any atom is -0.409 e. The molecule has 0 fully saturated rings. The van der Waals surface area contributed by atoms with Crippen molar-refractivity contribution in [3.63, 3.8) is 0 Å². The summed E-state index contributed by atoms with van der Waals surface area (Å²) >= 11 is 0. The fourth-order valence-electron chi connectivity index (χ4n) is 1.88. The molecule has 3 N–H and O–H groups in total. The number of anilines is 2. The molecule has 0 saturated carbocycles. The number of hydrogen-bond donors (Lipinski definition) is 3. The molecule has 26 heavy (non-hydrogen) atoms. The third-order valence-electron chi connectivity index (χ3n) is 3.00. The fraction of sp³-hybridized carbons (Fsp3) is 0.267. The van der Waals surface area contributed by atoms with Crippen LogP contribution in [0.3, 0.4) is 0 Å². The Morgan fingerprint density at radius 1 is 1.46 bits per heavy atom. The van der Waals surface area contributed by atoms with Gasteiger partial charge in [0.2, 0.25) is 11.7 Å². The summed E-state index contributed by atoms with van der Waals surface area (Å²) in [5.74, 6) is 1.77. The Hall–Kier alpha value is -3.13. The van der Waals surface area contributed by atoms with E-state index in [0.717, 1.165) is 0 Å². The Balaban J connectivity index is 2.13. The second-order valence-corrected chi connectivity index (χ2v) is 7.96. The predicted octanol–water partition coefficient (Wildman–Crippen LogP) is 1.58. The van der Waals surface area contributed by atoms with Crippen molar-refractivity contribution in [2.45, 2.75) is 0 Å². The summed E-state index contributed by atoms with van der Waals surface area (Å²) in [5.41, 5.74) is 0.522. The third kappa shape index (κ3) is 5.18. The van der Waals surface area contributed by atoms with Crippen LogP contribution in [-0.2, 0) is 9.73 Å². The predicted molar refractivity (Wildman–Crippen MR) is 96.4 cm³/mol. The van der Waals surface area contributed by atoms with Gasteiger partial charge < -0.3 is 15.8 Å². The molecule has 0 aliphatic rings. The van der Waals surface area contributed by atoms with Gasteiger partial charge >= 0.3 is 0 Å². The van der Waals surface area contributed by atoms with Gasteiger partial charge in [-0.05, 0) is 28.5 Å². The Morgan fingerprint density at radius 3 is 2.88 bits per heavy atom. The zero-order valence-corrected chi connectivity index (χ0v) is 14.9. The van der Waals surface area contributed by atoms with Gasteiger partial charge in [-0.1, -0.05) is 11.1 Å². The van der Waals surface area contributed by atoms with E-state index in [0.29, 0.717) is 12.2 Å². The van der Waals surface area contributed by atoms with Crippen LogP contribution in [0.25, 0.3) is 0 Å². The minimum absolute atomic E-state index is 0.0493. The van der Waals surface area contributed by atoms with E-state index in [2.05, 4.69) is 41.0 Å². The molecule has 0 unspecified atom stereocenters. The maximum absolute atomic E-state index is 13.5. The van der Waals surface area contributed by atoms with E-state index in [1.165, 1.54) is 30.7 Å². The highest BCUT2D eigenvalue weighted by atomic mass is 32.2. The van der Waals surface area contributed by atoms with Crippen molar-refractivity contribution in [3.05, 3.63) is 35.3 Å². The molecule has 1 aromatic carbocycles. The molecule has 9 nitrogen and oxygen atoms in total. The number of hydrogen-bond acceptors (Lipinski definition) is 8. The molecular formula is C15H17FN6O3S. The molecular weight excluding hydrogens is 363 g/mol. The third-order valence-corrected chi connectivity index (χ3v) is 3.81. The summed E-state index contributed by atoms with van der Waals surface area (Å²) in [4.78, 5) is 0. The highest BCUT2D eigenvalue weighted by Gasteiger charge is 2.17. The Labute approximate surface area is 149 Å². The van der Waals surface area contributed by atoms with Gasteiger partial charge in [0.05, 0.1) is 12.1 Å². The Bertz CT molecular complexity index is 964. The van der Waals surface area contributed by atoms with Gasteiger partial charge in [0.15, 0.2) is 5.69 Å². The number of amidine groups is 1. The molecule has 2 aromatic rings. The number of terminal acetylenes is 1. The van der Waals surface area contributed by atoms with Crippen LogP contribution in [0.5, 0.6) is 0 Å². The van der Waals surface area contributed by atoms with Crippen molar-refractivity contribution in [1.82, 2.24) is 10.3 Å². The van der Waals surface area contributed by atoms with Crippen LogP contribution < -0.4 is 10.6 Å². The molecule has 2 rings (SSSR count). The molecule has 0 radical (unpaired) electrons. The normalized spacial score (nSPS) is 11.7. The van der Waals surface area contributed by atoms with Crippen LogP contribution in [0.4, 0.5) is 15.9 Å². The van der Waals surface area contributed by atoms with Gasteiger partial charge in [-0.2, -0.15) is 0 Å². The lowest BCUT2D eigenvalue weighted by molar-refractivity contribution is 0.305. The summed E-state index contributed by atoms with van der Waals surface area (Å²) in [6.45, 7) is 0.594. The molecule has 0 amide bonds. The van der Waals surface area contributed by atoms with Crippen molar-refractivity contribution >= 4 is 27.1 Å². The van der Waals surface area contributed by atoms with Crippen LogP contribution in [0.1, 0.15) is 11.3 Å². The molecule has 0 bridgehead atoms. The van der Waals surface area contributed by atoms with Crippen LogP contribution in [-0.4, -0.2) is 51.2 Å². The SMILES string of the molecule is C#Cc1cc(NC(=NO)c2nonc2NCCN=S(C)(C)=O)ccc1F. The lowest BCUT2D eigenvalue weighted by Gasteiger charge is -2.08. The number of nitrogens with zero attached hydrogens (tertiary/aromatic N) is 4. The van der Waals surface area contributed by atoms with Gasteiger partial charge in [-0.3, -0.25) is 4.21 Å². The van der Waals surface area contributed by atoms with E-state index in [9.17, 15) is 13.8 Å². The van der Waals surface area contributed by atoms with Crippen molar-refractivity contribution in [2.75, 3.05) is 36.2 Å². The van der Waals surface area contributed by atoms with Crippen molar-refractivity contribution in [3.8, 4) is 12.3 Å². The van der Waals surface area contributed by atoms with E-state index >= 15 is 0 Å². The second kappa shape index (κ2) is 8.30. The molecule has 1 heterocycles. The average molecular weight is 380 g/mol. The molecule has 0 aliphatic heterocycles. The molecule has 1 aromatic heterocycles. The van der Waals surface area contributed by atoms with Crippen LogP contribution in [0, 0.1) is 18.2 Å². The van der Waals surface area contributed by atoms with Gasteiger partial charge in [0.25, 0.3) is 0 Å². The first-order chi connectivity index (χ1) is 12.3. The van der Waals surface area contributed by atoms with Gasteiger partial charge in [-0.15, -0.1) is 6.42 Å². The maximum Gasteiger partial charge on any atom is 0.203 e. The molecule has 0 aliphatic carbocycles. The van der Waals surface area contributed by atoms with Crippen molar-refractivity contribution < 1.29 is 18.4 Å². The van der Waals surface area contributed by atoms with Gasteiger partial charge in [0, 0.05) is 34.5 Å². The highest BCUT2D eigenvalue weighted by Crippen LogP contribution is 2.17.